The van der Waals surface area contributed by atoms with E-state index in [1.54, 1.807) is 0 Å². The number of hydrogen-bond donors (Lipinski definition) is 1. The molecule has 94 valence electrons. The summed E-state index contributed by atoms with van der Waals surface area (Å²) in [5.74, 6) is 0. The summed E-state index contributed by atoms with van der Waals surface area (Å²) in [6.45, 7) is 10.3. The van der Waals surface area contributed by atoms with Gasteiger partial charge in [-0.25, -0.2) is 0 Å². The number of hydrogen-bond acceptors (Lipinski definition) is 3. The molecule has 0 spiro atoms. The predicted octanol–water partition coefficient (Wildman–Crippen LogP) is 1.90. The van der Waals surface area contributed by atoms with Gasteiger partial charge in [-0.15, -0.1) is 0 Å². The molecule has 3 heteroatoms. The summed E-state index contributed by atoms with van der Waals surface area (Å²) in [6, 6.07) is 4.23. The lowest BCUT2D eigenvalue weighted by molar-refractivity contribution is 0.151. The van der Waals surface area contributed by atoms with Gasteiger partial charge in [-0.1, -0.05) is 13.8 Å². The highest BCUT2D eigenvalue weighted by Gasteiger charge is 2.23. The van der Waals surface area contributed by atoms with Gasteiger partial charge >= 0.3 is 0 Å². The summed E-state index contributed by atoms with van der Waals surface area (Å²) >= 11 is 0. The van der Waals surface area contributed by atoms with Crippen LogP contribution in [0.3, 0.4) is 0 Å². The molecule has 2 rings (SSSR count). The number of nitrogens with zero attached hydrogens (tertiary/aromatic N) is 2. The van der Waals surface area contributed by atoms with Crippen LogP contribution in [0.25, 0.3) is 0 Å². The molecule has 1 saturated heterocycles. The minimum atomic E-state index is 0.355. The first-order valence-corrected chi connectivity index (χ1v) is 6.48. The summed E-state index contributed by atoms with van der Waals surface area (Å²) in [5, 5.41) is 3.53. The fourth-order valence-corrected chi connectivity index (χ4v) is 2.48. The fraction of sp³-hybridized carbons (Fsp3) is 0.643. The third kappa shape index (κ3) is 4.10. The van der Waals surface area contributed by atoms with Crippen molar-refractivity contribution in [1.29, 1.82) is 0 Å². The third-order valence-corrected chi connectivity index (χ3v) is 3.24. The van der Waals surface area contributed by atoms with Gasteiger partial charge in [0.15, 0.2) is 0 Å². The summed E-state index contributed by atoms with van der Waals surface area (Å²) in [6.07, 6.45) is 5.00. The van der Waals surface area contributed by atoms with E-state index in [1.165, 1.54) is 18.5 Å². The Morgan fingerprint density at radius 3 is 2.88 bits per heavy atom. The molecular weight excluding hydrogens is 210 g/mol. The van der Waals surface area contributed by atoms with E-state index in [9.17, 15) is 0 Å². The summed E-state index contributed by atoms with van der Waals surface area (Å²) in [7, 11) is 0. The predicted molar refractivity (Wildman–Crippen MR) is 70.8 cm³/mol. The van der Waals surface area contributed by atoms with Gasteiger partial charge in [0.1, 0.15) is 0 Å². The third-order valence-electron chi connectivity index (χ3n) is 3.24. The highest BCUT2D eigenvalue weighted by molar-refractivity contribution is 5.09. The molecule has 17 heavy (non-hydrogen) atoms. The zero-order chi connectivity index (χ0) is 12.1. The molecule has 1 aliphatic heterocycles. The van der Waals surface area contributed by atoms with Crippen molar-refractivity contribution in [1.82, 2.24) is 15.2 Å². The average Bonchev–Trinajstić information content (AvgIpc) is 2.27. The second-order valence-electron chi connectivity index (χ2n) is 5.76. The summed E-state index contributed by atoms with van der Waals surface area (Å²) in [4.78, 5) is 6.64. The van der Waals surface area contributed by atoms with Gasteiger partial charge in [-0.2, -0.15) is 0 Å². The maximum atomic E-state index is 4.07. The first-order chi connectivity index (χ1) is 8.16. The van der Waals surface area contributed by atoms with Crippen LogP contribution in [0.15, 0.2) is 24.5 Å². The molecule has 1 fully saturated rings. The minimum Gasteiger partial charge on any atom is -0.316 e. The molecule has 1 aliphatic rings. The SMILES string of the molecule is CC1(C)CNCCCN(Cc2ccncc2)C1. The van der Waals surface area contributed by atoms with E-state index in [0.717, 1.165) is 26.2 Å². The van der Waals surface area contributed by atoms with Gasteiger partial charge in [0, 0.05) is 32.0 Å². The van der Waals surface area contributed by atoms with Crippen LogP contribution in [0.4, 0.5) is 0 Å². The fourth-order valence-electron chi connectivity index (χ4n) is 2.48. The molecule has 0 aliphatic carbocycles. The van der Waals surface area contributed by atoms with Crippen LogP contribution in [-0.4, -0.2) is 36.1 Å². The van der Waals surface area contributed by atoms with Crippen LogP contribution >= 0.6 is 0 Å². The Hall–Kier alpha value is -0.930. The standard InChI is InChI=1S/C14H23N3/c1-14(2)11-16-6-3-9-17(12-14)10-13-4-7-15-8-5-13/h4-5,7-8,16H,3,6,9-12H2,1-2H3. The molecule has 2 heterocycles. The van der Waals surface area contributed by atoms with Gasteiger partial charge < -0.3 is 5.32 Å². The van der Waals surface area contributed by atoms with E-state index >= 15 is 0 Å². The van der Waals surface area contributed by atoms with Crippen molar-refractivity contribution in [3.05, 3.63) is 30.1 Å². The Labute approximate surface area is 104 Å². The Morgan fingerprint density at radius 2 is 2.12 bits per heavy atom. The number of nitrogens with one attached hydrogen (secondary N) is 1. The first kappa shape index (κ1) is 12.5. The Morgan fingerprint density at radius 1 is 1.35 bits per heavy atom. The van der Waals surface area contributed by atoms with Crippen molar-refractivity contribution >= 4 is 0 Å². The zero-order valence-electron chi connectivity index (χ0n) is 10.9. The maximum Gasteiger partial charge on any atom is 0.0271 e. The second kappa shape index (κ2) is 5.61. The lowest BCUT2D eigenvalue weighted by Crippen LogP contribution is -2.44. The molecule has 0 radical (unpaired) electrons. The molecule has 0 saturated carbocycles. The van der Waals surface area contributed by atoms with E-state index in [0.29, 0.717) is 5.41 Å². The molecule has 0 unspecified atom stereocenters. The van der Waals surface area contributed by atoms with Gasteiger partial charge in [0.25, 0.3) is 0 Å². The van der Waals surface area contributed by atoms with Crippen LogP contribution in [0.5, 0.6) is 0 Å². The van der Waals surface area contributed by atoms with Gasteiger partial charge in [0.05, 0.1) is 0 Å². The van der Waals surface area contributed by atoms with Crippen molar-refractivity contribution in [2.45, 2.75) is 26.8 Å². The molecule has 0 atom stereocenters. The van der Waals surface area contributed by atoms with E-state index in [-0.39, 0.29) is 0 Å². The Bertz CT molecular complexity index is 335. The van der Waals surface area contributed by atoms with E-state index in [2.05, 4.69) is 41.2 Å². The highest BCUT2D eigenvalue weighted by Crippen LogP contribution is 2.19. The van der Waals surface area contributed by atoms with Crippen LogP contribution < -0.4 is 5.32 Å². The number of aromatic nitrogens is 1. The molecule has 1 aromatic rings. The molecule has 0 amide bonds. The maximum absolute atomic E-state index is 4.07. The van der Waals surface area contributed by atoms with E-state index in [1.807, 2.05) is 12.4 Å². The normalized spacial score (nSPS) is 21.8. The smallest absolute Gasteiger partial charge is 0.0271 e. The topological polar surface area (TPSA) is 28.2 Å². The lowest BCUT2D eigenvalue weighted by atomic mass is 9.91. The van der Waals surface area contributed by atoms with Crippen molar-refractivity contribution < 1.29 is 0 Å². The van der Waals surface area contributed by atoms with Crippen LogP contribution in [0.1, 0.15) is 25.8 Å². The van der Waals surface area contributed by atoms with Crippen molar-refractivity contribution in [3.63, 3.8) is 0 Å². The monoisotopic (exact) mass is 233 g/mol. The van der Waals surface area contributed by atoms with Gasteiger partial charge in [-0.05, 0) is 42.6 Å². The zero-order valence-corrected chi connectivity index (χ0v) is 10.9. The van der Waals surface area contributed by atoms with Crippen LogP contribution in [-0.2, 0) is 6.54 Å². The van der Waals surface area contributed by atoms with Crippen molar-refractivity contribution in [3.8, 4) is 0 Å². The van der Waals surface area contributed by atoms with E-state index in [4.69, 9.17) is 0 Å². The largest absolute Gasteiger partial charge is 0.316 e. The van der Waals surface area contributed by atoms with Gasteiger partial charge in [0.2, 0.25) is 0 Å². The number of pyridine rings is 1. The van der Waals surface area contributed by atoms with Crippen LogP contribution in [0.2, 0.25) is 0 Å². The minimum absolute atomic E-state index is 0.355. The molecule has 0 bridgehead atoms. The highest BCUT2D eigenvalue weighted by atomic mass is 15.1. The molecule has 1 aromatic heterocycles. The van der Waals surface area contributed by atoms with Crippen molar-refractivity contribution in [2.75, 3.05) is 26.2 Å². The lowest BCUT2D eigenvalue weighted by Gasteiger charge is -2.35. The second-order valence-corrected chi connectivity index (χ2v) is 5.76. The Kier molecular flexibility index (Phi) is 4.13. The molecule has 1 N–H and O–H groups in total. The molecule has 3 nitrogen and oxygen atoms in total. The van der Waals surface area contributed by atoms with Gasteiger partial charge in [-0.3, -0.25) is 9.88 Å². The van der Waals surface area contributed by atoms with Crippen molar-refractivity contribution in [2.24, 2.45) is 5.41 Å². The molecule has 0 aromatic carbocycles. The quantitative estimate of drug-likeness (QED) is 0.845. The molecular formula is C14H23N3. The number of rotatable bonds is 2. The average molecular weight is 233 g/mol. The Balaban J connectivity index is 1.98. The van der Waals surface area contributed by atoms with E-state index < -0.39 is 0 Å². The summed E-state index contributed by atoms with van der Waals surface area (Å²) in [5.41, 5.74) is 1.72. The summed E-state index contributed by atoms with van der Waals surface area (Å²) < 4.78 is 0. The first-order valence-electron chi connectivity index (χ1n) is 6.48. The van der Waals surface area contributed by atoms with Crippen LogP contribution in [0, 0.1) is 5.41 Å².